The van der Waals surface area contributed by atoms with Gasteiger partial charge in [0.25, 0.3) is 0 Å². The summed E-state index contributed by atoms with van der Waals surface area (Å²) in [6.07, 6.45) is 4.47. The molecule has 23 heavy (non-hydrogen) atoms. The number of aliphatic carboxylic acids is 1. The van der Waals surface area contributed by atoms with Gasteiger partial charge in [-0.2, -0.15) is 0 Å². The Morgan fingerprint density at radius 1 is 1.30 bits per heavy atom. The molecule has 1 heterocycles. The monoisotopic (exact) mass is 315 g/mol. The lowest BCUT2D eigenvalue weighted by molar-refractivity contribution is -0.133. The van der Waals surface area contributed by atoms with Gasteiger partial charge < -0.3 is 9.84 Å². The zero-order valence-corrected chi connectivity index (χ0v) is 13.8. The average molecular weight is 315 g/mol. The molecule has 4 unspecified atom stereocenters. The van der Waals surface area contributed by atoms with Crippen molar-refractivity contribution in [2.75, 3.05) is 0 Å². The van der Waals surface area contributed by atoms with Crippen molar-refractivity contribution in [2.45, 2.75) is 63.9 Å². The van der Waals surface area contributed by atoms with E-state index in [1.165, 1.54) is 5.56 Å². The lowest BCUT2D eigenvalue weighted by atomic mass is 9.97. The van der Waals surface area contributed by atoms with Crippen LogP contribution in [0.25, 0.3) is 0 Å². The molecule has 4 nitrogen and oxygen atoms in total. The van der Waals surface area contributed by atoms with Gasteiger partial charge in [0.05, 0.1) is 18.2 Å². The molecular weight excluding hydrogens is 290 g/mol. The van der Waals surface area contributed by atoms with Crippen LogP contribution in [0.3, 0.4) is 0 Å². The summed E-state index contributed by atoms with van der Waals surface area (Å²) < 4.78 is 6.21. The standard InChI is InChI=1S/C19H25NO3/c1-3-15(4-2)23-17-11-14(19(21)22)10-16-18(17)20(16)12-13-8-6-5-7-9-13/h5-9,11,15-18H,3-4,10,12H2,1-2H3,(H,21,22). The van der Waals surface area contributed by atoms with Gasteiger partial charge in [-0.05, 0) is 30.9 Å². The molecule has 1 N–H and O–H groups in total. The number of carboxylic acid groups (broad SMARTS) is 1. The van der Waals surface area contributed by atoms with Crippen LogP contribution in [-0.4, -0.2) is 40.3 Å². The van der Waals surface area contributed by atoms with E-state index in [4.69, 9.17) is 4.74 Å². The van der Waals surface area contributed by atoms with Crippen LogP contribution in [0, 0.1) is 0 Å². The highest BCUT2D eigenvalue weighted by atomic mass is 16.5. The first-order valence-corrected chi connectivity index (χ1v) is 8.53. The fourth-order valence-corrected chi connectivity index (χ4v) is 3.59. The van der Waals surface area contributed by atoms with Crippen LogP contribution in [0.1, 0.15) is 38.7 Å². The molecule has 0 aromatic heterocycles. The number of benzene rings is 1. The van der Waals surface area contributed by atoms with Crippen LogP contribution in [0.4, 0.5) is 0 Å². The first-order chi connectivity index (χ1) is 11.1. The molecule has 0 radical (unpaired) electrons. The van der Waals surface area contributed by atoms with E-state index in [0.29, 0.717) is 24.1 Å². The minimum Gasteiger partial charge on any atom is -0.478 e. The van der Waals surface area contributed by atoms with Crippen molar-refractivity contribution >= 4 is 5.97 Å². The van der Waals surface area contributed by atoms with Gasteiger partial charge in [0.2, 0.25) is 0 Å². The van der Waals surface area contributed by atoms with E-state index in [9.17, 15) is 9.90 Å². The van der Waals surface area contributed by atoms with E-state index in [-0.39, 0.29) is 12.2 Å². The van der Waals surface area contributed by atoms with Crippen molar-refractivity contribution in [1.82, 2.24) is 4.90 Å². The summed E-state index contributed by atoms with van der Waals surface area (Å²) in [6.45, 7) is 5.09. The number of fused-ring (bicyclic) bond motifs is 1. The number of rotatable bonds is 7. The second kappa shape index (κ2) is 6.85. The first-order valence-electron chi connectivity index (χ1n) is 8.53. The van der Waals surface area contributed by atoms with Gasteiger partial charge in [-0.25, -0.2) is 4.79 Å². The van der Waals surface area contributed by atoms with Crippen LogP contribution >= 0.6 is 0 Å². The van der Waals surface area contributed by atoms with Gasteiger partial charge in [-0.3, -0.25) is 4.90 Å². The predicted octanol–water partition coefficient (Wildman–Crippen LogP) is 3.23. The summed E-state index contributed by atoms with van der Waals surface area (Å²) in [5, 5.41) is 9.37. The molecule has 1 aliphatic heterocycles. The molecule has 1 aromatic carbocycles. The lowest BCUT2D eigenvalue weighted by Gasteiger charge is -2.23. The summed E-state index contributed by atoms with van der Waals surface area (Å²) >= 11 is 0. The van der Waals surface area contributed by atoms with Crippen molar-refractivity contribution in [3.8, 4) is 0 Å². The lowest BCUT2D eigenvalue weighted by Crippen LogP contribution is -2.30. The van der Waals surface area contributed by atoms with E-state index in [0.717, 1.165) is 19.4 Å². The molecular formula is C19H25NO3. The molecule has 3 rings (SSSR count). The maximum absolute atomic E-state index is 11.4. The number of hydrogen-bond acceptors (Lipinski definition) is 3. The smallest absolute Gasteiger partial charge is 0.331 e. The van der Waals surface area contributed by atoms with Crippen molar-refractivity contribution in [3.05, 3.63) is 47.5 Å². The second-order valence-electron chi connectivity index (χ2n) is 6.46. The summed E-state index contributed by atoms with van der Waals surface area (Å²) in [5.74, 6) is -0.812. The Morgan fingerprint density at radius 3 is 2.61 bits per heavy atom. The van der Waals surface area contributed by atoms with E-state index in [2.05, 4.69) is 30.9 Å². The molecule has 2 aliphatic rings. The Hall–Kier alpha value is -1.65. The summed E-state index contributed by atoms with van der Waals surface area (Å²) in [4.78, 5) is 13.8. The van der Waals surface area contributed by atoms with Crippen molar-refractivity contribution in [1.29, 1.82) is 0 Å². The minimum atomic E-state index is -0.812. The second-order valence-corrected chi connectivity index (χ2v) is 6.46. The third-order valence-electron chi connectivity index (χ3n) is 4.99. The van der Waals surface area contributed by atoms with Gasteiger partial charge in [-0.1, -0.05) is 44.2 Å². The zero-order chi connectivity index (χ0) is 16.4. The number of ether oxygens (including phenoxy) is 1. The predicted molar refractivity (Wildman–Crippen MR) is 89.1 cm³/mol. The SMILES string of the molecule is CCC(CC)OC1C=C(C(=O)O)CC2C1N2Cc1ccccc1. The third-order valence-corrected chi connectivity index (χ3v) is 4.99. The molecule has 1 aliphatic carbocycles. The number of carbonyl (C=O) groups is 1. The maximum Gasteiger partial charge on any atom is 0.331 e. The van der Waals surface area contributed by atoms with Crippen LogP contribution in [0.5, 0.6) is 0 Å². The zero-order valence-electron chi connectivity index (χ0n) is 13.8. The molecule has 4 heteroatoms. The Bertz CT molecular complexity index is 580. The Kier molecular flexibility index (Phi) is 4.83. The normalized spacial score (nSPS) is 29.1. The van der Waals surface area contributed by atoms with Crippen LogP contribution in [-0.2, 0) is 16.1 Å². The fourth-order valence-electron chi connectivity index (χ4n) is 3.59. The van der Waals surface area contributed by atoms with E-state index >= 15 is 0 Å². The Balaban J connectivity index is 1.73. The quantitative estimate of drug-likeness (QED) is 0.785. The maximum atomic E-state index is 11.4. The molecule has 0 saturated carbocycles. The average Bonchev–Trinajstić information content (AvgIpc) is 3.26. The van der Waals surface area contributed by atoms with Gasteiger partial charge >= 0.3 is 5.97 Å². The number of hydrogen-bond donors (Lipinski definition) is 1. The van der Waals surface area contributed by atoms with E-state index in [1.54, 1.807) is 0 Å². The molecule has 4 atom stereocenters. The van der Waals surface area contributed by atoms with Gasteiger partial charge in [0.1, 0.15) is 0 Å². The number of nitrogens with zero attached hydrogens (tertiary/aromatic N) is 1. The first kappa shape index (κ1) is 16.2. The van der Waals surface area contributed by atoms with E-state index < -0.39 is 5.97 Å². The van der Waals surface area contributed by atoms with Crippen molar-refractivity contribution < 1.29 is 14.6 Å². The van der Waals surface area contributed by atoms with E-state index in [1.807, 2.05) is 24.3 Å². The molecule has 0 bridgehead atoms. The third kappa shape index (κ3) is 3.48. The van der Waals surface area contributed by atoms with Crippen LogP contribution in [0.2, 0.25) is 0 Å². The molecule has 0 spiro atoms. The highest BCUT2D eigenvalue weighted by Gasteiger charge is 2.54. The van der Waals surface area contributed by atoms with Crippen LogP contribution < -0.4 is 0 Å². The number of carboxylic acids is 1. The highest BCUT2D eigenvalue weighted by molar-refractivity contribution is 5.87. The summed E-state index contributed by atoms with van der Waals surface area (Å²) in [6, 6.07) is 11.0. The topological polar surface area (TPSA) is 49.5 Å². The van der Waals surface area contributed by atoms with Crippen molar-refractivity contribution in [2.24, 2.45) is 0 Å². The molecule has 0 amide bonds. The molecule has 124 valence electrons. The molecule has 1 saturated heterocycles. The van der Waals surface area contributed by atoms with Crippen molar-refractivity contribution in [3.63, 3.8) is 0 Å². The molecule has 1 aromatic rings. The van der Waals surface area contributed by atoms with Gasteiger partial charge in [0.15, 0.2) is 0 Å². The summed E-state index contributed by atoms with van der Waals surface area (Å²) in [5.41, 5.74) is 1.76. The Morgan fingerprint density at radius 2 is 2.00 bits per heavy atom. The fraction of sp³-hybridized carbons (Fsp3) is 0.526. The minimum absolute atomic E-state index is 0.103. The van der Waals surface area contributed by atoms with Gasteiger partial charge in [0, 0.05) is 18.2 Å². The highest BCUT2D eigenvalue weighted by Crippen LogP contribution is 2.43. The molecule has 1 fully saturated rings. The van der Waals surface area contributed by atoms with Crippen LogP contribution in [0.15, 0.2) is 42.0 Å². The Labute approximate surface area is 137 Å². The summed E-state index contributed by atoms with van der Waals surface area (Å²) in [7, 11) is 0. The van der Waals surface area contributed by atoms with Gasteiger partial charge in [-0.15, -0.1) is 0 Å². The largest absolute Gasteiger partial charge is 0.478 e.